The van der Waals surface area contributed by atoms with Crippen molar-refractivity contribution in [3.63, 3.8) is 0 Å². The van der Waals surface area contributed by atoms with E-state index in [1.807, 2.05) is 48.5 Å². The lowest BCUT2D eigenvalue weighted by atomic mass is 10.1. The minimum atomic E-state index is -0.375. The van der Waals surface area contributed by atoms with Crippen LogP contribution >= 0.6 is 0 Å². The molecule has 0 unspecified atom stereocenters. The lowest BCUT2D eigenvalue weighted by Crippen LogP contribution is -2.29. The highest BCUT2D eigenvalue weighted by Crippen LogP contribution is 2.08. The largest absolute Gasteiger partial charge is 0.392 e. The minimum Gasteiger partial charge on any atom is -0.392 e. The van der Waals surface area contributed by atoms with Crippen LogP contribution in [0.3, 0.4) is 0 Å². The molecule has 1 aromatic heterocycles. The fraction of sp³-hybridized carbons (Fsp3) is 0.150. The number of hydrogen-bond acceptors (Lipinski definition) is 4. The Kier molecular flexibility index (Phi) is 5.56. The van der Waals surface area contributed by atoms with Gasteiger partial charge in [0.15, 0.2) is 0 Å². The zero-order valence-corrected chi connectivity index (χ0v) is 14.1. The van der Waals surface area contributed by atoms with Gasteiger partial charge < -0.3 is 10.4 Å². The van der Waals surface area contributed by atoms with E-state index in [9.17, 15) is 14.7 Å². The maximum Gasteiger partial charge on any atom is 0.271 e. The van der Waals surface area contributed by atoms with Gasteiger partial charge in [-0.3, -0.25) is 9.59 Å². The van der Waals surface area contributed by atoms with Gasteiger partial charge in [0.25, 0.3) is 11.5 Å². The first-order valence-corrected chi connectivity index (χ1v) is 8.25. The summed E-state index contributed by atoms with van der Waals surface area (Å²) in [5.74, 6) is -0.375. The van der Waals surface area contributed by atoms with Crippen LogP contribution < -0.4 is 10.9 Å². The molecule has 3 rings (SSSR count). The van der Waals surface area contributed by atoms with Crippen molar-refractivity contribution in [2.75, 3.05) is 0 Å². The second-order valence-corrected chi connectivity index (χ2v) is 5.81. The Morgan fingerprint density at radius 2 is 1.65 bits per heavy atom. The molecule has 0 saturated heterocycles. The number of aliphatic hydroxyl groups is 1. The summed E-state index contributed by atoms with van der Waals surface area (Å²) in [7, 11) is 0. The molecule has 0 bridgehead atoms. The summed E-state index contributed by atoms with van der Waals surface area (Å²) in [5.41, 5.74) is 2.42. The fourth-order valence-electron chi connectivity index (χ4n) is 2.59. The van der Waals surface area contributed by atoms with Crippen LogP contribution in [0.5, 0.6) is 0 Å². The van der Waals surface area contributed by atoms with Crippen LogP contribution in [0.1, 0.15) is 27.2 Å². The molecular formula is C20H19N3O3. The van der Waals surface area contributed by atoms with Crippen molar-refractivity contribution in [3.8, 4) is 0 Å². The summed E-state index contributed by atoms with van der Waals surface area (Å²) in [4.78, 5) is 24.4. The van der Waals surface area contributed by atoms with Crippen LogP contribution in [0, 0.1) is 0 Å². The topological polar surface area (TPSA) is 84.2 Å². The van der Waals surface area contributed by atoms with Gasteiger partial charge >= 0.3 is 0 Å². The predicted molar refractivity (Wildman–Crippen MR) is 97.6 cm³/mol. The van der Waals surface area contributed by atoms with Gasteiger partial charge in [0.1, 0.15) is 5.69 Å². The number of carbonyl (C=O) groups is 1. The normalized spacial score (nSPS) is 10.5. The van der Waals surface area contributed by atoms with E-state index in [1.165, 1.54) is 16.8 Å². The van der Waals surface area contributed by atoms with Gasteiger partial charge in [-0.25, -0.2) is 4.68 Å². The highest BCUT2D eigenvalue weighted by atomic mass is 16.3. The number of carbonyl (C=O) groups excluding carboxylic acids is 1. The van der Waals surface area contributed by atoms with Crippen molar-refractivity contribution in [2.45, 2.75) is 19.7 Å². The molecule has 0 aliphatic rings. The third-order valence-electron chi connectivity index (χ3n) is 4.00. The number of aliphatic hydroxyl groups excluding tert-OH is 1. The second kappa shape index (κ2) is 8.22. The van der Waals surface area contributed by atoms with Gasteiger partial charge in [0, 0.05) is 12.6 Å². The van der Waals surface area contributed by atoms with Crippen LogP contribution in [0.25, 0.3) is 0 Å². The minimum absolute atomic E-state index is 0.0910. The van der Waals surface area contributed by atoms with Gasteiger partial charge in [-0.1, -0.05) is 54.6 Å². The van der Waals surface area contributed by atoms with E-state index in [1.54, 1.807) is 6.07 Å². The Hall–Kier alpha value is -3.25. The maximum atomic E-state index is 12.4. The van der Waals surface area contributed by atoms with Crippen LogP contribution in [0.2, 0.25) is 0 Å². The molecule has 0 saturated carbocycles. The standard InChI is InChI=1S/C20H19N3O3/c24-14-17-9-5-4-8-16(17)12-21-20(26)18-10-11-19(25)23(22-18)13-15-6-2-1-3-7-15/h1-11,24H,12-14H2,(H,21,26). The molecule has 0 radical (unpaired) electrons. The van der Waals surface area contributed by atoms with E-state index in [0.717, 1.165) is 16.7 Å². The lowest BCUT2D eigenvalue weighted by Gasteiger charge is -2.10. The van der Waals surface area contributed by atoms with Crippen molar-refractivity contribution in [1.29, 1.82) is 0 Å². The summed E-state index contributed by atoms with van der Waals surface area (Å²) < 4.78 is 1.27. The van der Waals surface area contributed by atoms with Gasteiger partial charge in [0.2, 0.25) is 0 Å². The summed E-state index contributed by atoms with van der Waals surface area (Å²) in [6.45, 7) is 0.482. The van der Waals surface area contributed by atoms with Crippen LogP contribution in [-0.2, 0) is 19.7 Å². The summed E-state index contributed by atoms with van der Waals surface area (Å²) >= 11 is 0. The second-order valence-electron chi connectivity index (χ2n) is 5.81. The van der Waals surface area contributed by atoms with E-state index in [4.69, 9.17) is 0 Å². The Morgan fingerprint density at radius 3 is 2.38 bits per heavy atom. The van der Waals surface area contributed by atoms with Gasteiger partial charge in [0.05, 0.1) is 13.2 Å². The SMILES string of the molecule is O=C(NCc1ccccc1CO)c1ccc(=O)n(Cc2ccccc2)n1. The van der Waals surface area contributed by atoms with Gasteiger partial charge in [-0.2, -0.15) is 5.10 Å². The lowest BCUT2D eigenvalue weighted by molar-refractivity contribution is 0.0943. The Bertz CT molecular complexity index is 952. The van der Waals surface area contributed by atoms with Crippen LogP contribution in [0.4, 0.5) is 0 Å². The molecule has 0 spiro atoms. The average molecular weight is 349 g/mol. The van der Waals surface area contributed by atoms with Crippen molar-refractivity contribution in [2.24, 2.45) is 0 Å². The number of amides is 1. The first-order valence-electron chi connectivity index (χ1n) is 8.25. The quantitative estimate of drug-likeness (QED) is 0.710. The Morgan fingerprint density at radius 1 is 0.962 bits per heavy atom. The molecule has 6 nitrogen and oxygen atoms in total. The third-order valence-corrected chi connectivity index (χ3v) is 4.00. The van der Waals surface area contributed by atoms with E-state index < -0.39 is 0 Å². The molecule has 6 heteroatoms. The highest BCUT2D eigenvalue weighted by Gasteiger charge is 2.11. The number of nitrogens with one attached hydrogen (secondary N) is 1. The van der Waals surface area contributed by atoms with E-state index in [-0.39, 0.29) is 30.3 Å². The van der Waals surface area contributed by atoms with Gasteiger partial charge in [-0.05, 0) is 22.8 Å². The molecule has 0 fully saturated rings. The number of hydrogen-bond donors (Lipinski definition) is 2. The smallest absolute Gasteiger partial charge is 0.271 e. The molecule has 0 atom stereocenters. The van der Waals surface area contributed by atoms with Crippen molar-refractivity contribution < 1.29 is 9.90 Å². The summed E-state index contributed by atoms with van der Waals surface area (Å²) in [6.07, 6.45) is 0. The molecule has 1 heterocycles. The van der Waals surface area contributed by atoms with Crippen molar-refractivity contribution in [1.82, 2.24) is 15.1 Å². The molecule has 132 valence electrons. The Labute approximate surface area is 150 Å². The monoisotopic (exact) mass is 349 g/mol. The first-order chi connectivity index (χ1) is 12.7. The molecule has 3 aromatic rings. The van der Waals surface area contributed by atoms with Crippen LogP contribution in [0.15, 0.2) is 71.5 Å². The van der Waals surface area contributed by atoms with E-state index in [0.29, 0.717) is 6.54 Å². The zero-order valence-electron chi connectivity index (χ0n) is 14.1. The van der Waals surface area contributed by atoms with Crippen molar-refractivity contribution in [3.05, 3.63) is 99.5 Å². The predicted octanol–water partition coefficient (Wildman–Crippen LogP) is 1.71. The summed E-state index contributed by atoms with van der Waals surface area (Å²) in [5, 5.41) is 16.3. The average Bonchev–Trinajstić information content (AvgIpc) is 2.68. The van der Waals surface area contributed by atoms with Crippen LogP contribution in [-0.4, -0.2) is 20.8 Å². The van der Waals surface area contributed by atoms with Crippen molar-refractivity contribution >= 4 is 5.91 Å². The van der Waals surface area contributed by atoms with E-state index in [2.05, 4.69) is 10.4 Å². The molecule has 2 N–H and O–H groups in total. The third kappa shape index (κ3) is 4.23. The molecule has 0 aliphatic carbocycles. The first kappa shape index (κ1) is 17.6. The number of rotatable bonds is 6. The Balaban J connectivity index is 1.73. The molecule has 2 aromatic carbocycles. The molecule has 1 amide bonds. The number of benzene rings is 2. The highest BCUT2D eigenvalue weighted by molar-refractivity contribution is 5.91. The maximum absolute atomic E-state index is 12.4. The molecular weight excluding hydrogens is 330 g/mol. The summed E-state index contributed by atoms with van der Waals surface area (Å²) in [6, 6.07) is 19.5. The van der Waals surface area contributed by atoms with Gasteiger partial charge in [-0.15, -0.1) is 0 Å². The number of nitrogens with zero attached hydrogens (tertiary/aromatic N) is 2. The van der Waals surface area contributed by atoms with E-state index >= 15 is 0 Å². The molecule has 26 heavy (non-hydrogen) atoms. The number of aromatic nitrogens is 2. The zero-order chi connectivity index (χ0) is 18.4. The molecule has 0 aliphatic heterocycles. The fourth-order valence-corrected chi connectivity index (χ4v) is 2.59.